The third kappa shape index (κ3) is 3.21. The molecule has 0 saturated heterocycles. The van der Waals surface area contributed by atoms with Crippen LogP contribution in [0.5, 0.6) is 0 Å². The highest BCUT2D eigenvalue weighted by Gasteiger charge is 2.36. The summed E-state index contributed by atoms with van der Waals surface area (Å²) in [5, 5.41) is 0. The lowest BCUT2D eigenvalue weighted by atomic mass is 10.2. The fourth-order valence-electron chi connectivity index (χ4n) is 2.53. The molecule has 1 aromatic rings. The predicted molar refractivity (Wildman–Crippen MR) is 79.8 cm³/mol. The Balaban J connectivity index is 1.93. The number of nitrogens with two attached hydrogens (primary N) is 1. The molecule has 21 heavy (non-hydrogen) atoms. The second-order valence-corrected chi connectivity index (χ2v) is 8.25. The Kier molecular flexibility index (Phi) is 3.69. The summed E-state index contributed by atoms with van der Waals surface area (Å²) in [5.74, 6) is 0.399. The molecule has 0 spiro atoms. The van der Waals surface area contributed by atoms with Crippen molar-refractivity contribution in [3.8, 4) is 0 Å². The number of halogens is 1. The van der Waals surface area contributed by atoms with Gasteiger partial charge < -0.3 is 5.73 Å². The molecule has 116 valence electrons. The van der Waals surface area contributed by atoms with Crippen molar-refractivity contribution in [2.24, 2.45) is 11.8 Å². The zero-order valence-electron chi connectivity index (χ0n) is 12.2. The molecule has 0 aromatic heterocycles. The molecule has 2 aliphatic carbocycles. The molecule has 0 unspecified atom stereocenters. The number of hydrogen-bond acceptors (Lipinski definition) is 3. The third-order valence-electron chi connectivity index (χ3n) is 4.23. The first kappa shape index (κ1) is 14.8. The topological polar surface area (TPSA) is 63.4 Å². The SMILES string of the molecule is Cc1cc(F)c(N)cc1S(=O)(=O)N(CC1CC1)CC1CC1. The summed E-state index contributed by atoms with van der Waals surface area (Å²) in [4.78, 5) is 0.141. The molecule has 0 atom stereocenters. The molecule has 0 radical (unpaired) electrons. The number of benzene rings is 1. The van der Waals surface area contributed by atoms with Crippen LogP contribution in [0, 0.1) is 24.6 Å². The largest absolute Gasteiger partial charge is 0.396 e. The molecule has 0 bridgehead atoms. The van der Waals surface area contributed by atoms with E-state index in [4.69, 9.17) is 5.73 Å². The van der Waals surface area contributed by atoms with Crippen LogP contribution in [-0.4, -0.2) is 25.8 Å². The van der Waals surface area contributed by atoms with Crippen LogP contribution in [0.15, 0.2) is 17.0 Å². The van der Waals surface area contributed by atoms with E-state index in [1.165, 1.54) is 12.1 Å². The third-order valence-corrected chi connectivity index (χ3v) is 6.20. The van der Waals surface area contributed by atoms with Gasteiger partial charge in [0, 0.05) is 13.1 Å². The molecule has 1 aromatic carbocycles. The molecule has 3 rings (SSSR count). The minimum atomic E-state index is -3.59. The number of aryl methyl sites for hydroxylation is 1. The monoisotopic (exact) mass is 312 g/mol. The Morgan fingerprint density at radius 3 is 2.19 bits per heavy atom. The van der Waals surface area contributed by atoms with E-state index in [1.54, 1.807) is 11.2 Å². The average Bonchev–Trinajstić information content (AvgIpc) is 3.27. The zero-order chi connectivity index (χ0) is 15.2. The summed E-state index contributed by atoms with van der Waals surface area (Å²) < 4.78 is 40.8. The molecular weight excluding hydrogens is 291 g/mol. The van der Waals surface area contributed by atoms with Crippen LogP contribution in [-0.2, 0) is 10.0 Å². The van der Waals surface area contributed by atoms with Crippen molar-refractivity contribution < 1.29 is 12.8 Å². The fraction of sp³-hybridized carbons (Fsp3) is 0.600. The van der Waals surface area contributed by atoms with E-state index in [0.717, 1.165) is 25.7 Å². The highest BCUT2D eigenvalue weighted by atomic mass is 32.2. The number of anilines is 1. The maximum absolute atomic E-state index is 13.5. The van der Waals surface area contributed by atoms with Gasteiger partial charge in [0.15, 0.2) is 0 Å². The number of nitrogen functional groups attached to an aromatic ring is 1. The van der Waals surface area contributed by atoms with Crippen LogP contribution < -0.4 is 5.73 Å². The van der Waals surface area contributed by atoms with Crippen molar-refractivity contribution in [2.45, 2.75) is 37.5 Å². The summed E-state index contributed by atoms with van der Waals surface area (Å²) >= 11 is 0. The number of nitrogens with zero attached hydrogens (tertiary/aromatic N) is 1. The van der Waals surface area contributed by atoms with Crippen LogP contribution >= 0.6 is 0 Å². The van der Waals surface area contributed by atoms with E-state index in [9.17, 15) is 12.8 Å². The molecule has 2 N–H and O–H groups in total. The van der Waals surface area contributed by atoms with E-state index in [-0.39, 0.29) is 10.6 Å². The van der Waals surface area contributed by atoms with Crippen molar-refractivity contribution in [2.75, 3.05) is 18.8 Å². The molecule has 0 heterocycles. The van der Waals surface area contributed by atoms with Crippen molar-refractivity contribution in [1.82, 2.24) is 4.31 Å². The normalized spacial score (nSPS) is 19.2. The lowest BCUT2D eigenvalue weighted by Crippen LogP contribution is -2.35. The summed E-state index contributed by atoms with van der Waals surface area (Å²) in [6, 6.07) is 2.46. The maximum Gasteiger partial charge on any atom is 0.243 e. The van der Waals surface area contributed by atoms with E-state index in [0.29, 0.717) is 30.5 Å². The van der Waals surface area contributed by atoms with Gasteiger partial charge in [-0.15, -0.1) is 0 Å². The fourth-order valence-corrected chi connectivity index (χ4v) is 4.37. The van der Waals surface area contributed by atoms with Gasteiger partial charge in [-0.1, -0.05) is 0 Å². The first-order valence-corrected chi connectivity index (χ1v) is 8.87. The lowest BCUT2D eigenvalue weighted by Gasteiger charge is -2.23. The summed E-state index contributed by atoms with van der Waals surface area (Å²) in [6.07, 6.45) is 4.39. The molecule has 6 heteroatoms. The van der Waals surface area contributed by atoms with E-state index in [1.807, 2.05) is 0 Å². The van der Waals surface area contributed by atoms with Gasteiger partial charge in [-0.3, -0.25) is 0 Å². The van der Waals surface area contributed by atoms with Gasteiger partial charge in [0.2, 0.25) is 10.0 Å². The molecule has 0 aliphatic heterocycles. The van der Waals surface area contributed by atoms with Crippen LogP contribution in [0.3, 0.4) is 0 Å². The van der Waals surface area contributed by atoms with Gasteiger partial charge in [0.1, 0.15) is 5.82 Å². The lowest BCUT2D eigenvalue weighted by molar-refractivity contribution is 0.382. The van der Waals surface area contributed by atoms with Crippen molar-refractivity contribution >= 4 is 15.7 Å². The summed E-state index contributed by atoms with van der Waals surface area (Å²) in [7, 11) is -3.59. The Labute approximate surface area is 125 Å². The van der Waals surface area contributed by atoms with Crippen molar-refractivity contribution in [3.63, 3.8) is 0 Å². The molecular formula is C15H21FN2O2S. The first-order chi connectivity index (χ1) is 9.88. The van der Waals surface area contributed by atoms with Gasteiger partial charge in [-0.25, -0.2) is 12.8 Å². The Bertz CT molecular complexity index is 638. The van der Waals surface area contributed by atoms with Gasteiger partial charge in [-0.05, 0) is 62.1 Å². The smallest absolute Gasteiger partial charge is 0.243 e. The van der Waals surface area contributed by atoms with E-state index in [2.05, 4.69) is 0 Å². The highest BCUT2D eigenvalue weighted by Crippen LogP contribution is 2.36. The summed E-state index contributed by atoms with van der Waals surface area (Å²) in [5.41, 5.74) is 5.86. The number of hydrogen-bond donors (Lipinski definition) is 1. The summed E-state index contributed by atoms with van der Waals surface area (Å²) in [6.45, 7) is 2.77. The Morgan fingerprint density at radius 1 is 1.19 bits per heavy atom. The van der Waals surface area contributed by atoms with Gasteiger partial charge in [-0.2, -0.15) is 4.31 Å². The first-order valence-electron chi connectivity index (χ1n) is 7.43. The maximum atomic E-state index is 13.5. The second kappa shape index (κ2) is 5.25. The Morgan fingerprint density at radius 2 is 1.71 bits per heavy atom. The molecule has 2 saturated carbocycles. The molecule has 2 aliphatic rings. The van der Waals surface area contributed by atoms with Crippen LogP contribution in [0.25, 0.3) is 0 Å². The molecule has 2 fully saturated rings. The second-order valence-electron chi connectivity index (χ2n) is 6.35. The zero-order valence-corrected chi connectivity index (χ0v) is 13.0. The van der Waals surface area contributed by atoms with E-state index < -0.39 is 15.8 Å². The van der Waals surface area contributed by atoms with Gasteiger partial charge in [0.25, 0.3) is 0 Å². The number of sulfonamides is 1. The van der Waals surface area contributed by atoms with Crippen LogP contribution in [0.4, 0.5) is 10.1 Å². The quantitative estimate of drug-likeness (QED) is 0.821. The predicted octanol–water partition coefficient (Wildman–Crippen LogP) is 2.53. The van der Waals surface area contributed by atoms with Crippen molar-refractivity contribution in [1.29, 1.82) is 0 Å². The number of rotatable bonds is 6. The average molecular weight is 312 g/mol. The van der Waals surface area contributed by atoms with E-state index >= 15 is 0 Å². The van der Waals surface area contributed by atoms with Gasteiger partial charge >= 0.3 is 0 Å². The van der Waals surface area contributed by atoms with Crippen molar-refractivity contribution in [3.05, 3.63) is 23.5 Å². The standard InChI is InChI=1S/C15H21FN2O2S/c1-10-6-13(16)14(17)7-15(10)21(19,20)18(8-11-2-3-11)9-12-4-5-12/h6-7,11-12H,2-5,8-9,17H2,1H3. The van der Waals surface area contributed by atoms with Gasteiger partial charge in [0.05, 0.1) is 10.6 Å². The Hall–Kier alpha value is -1.14. The minimum absolute atomic E-state index is 0.114. The van der Waals surface area contributed by atoms with Crippen LogP contribution in [0.2, 0.25) is 0 Å². The molecule has 4 nitrogen and oxygen atoms in total. The highest BCUT2D eigenvalue weighted by molar-refractivity contribution is 7.89. The molecule has 0 amide bonds. The van der Waals surface area contributed by atoms with Crippen LogP contribution in [0.1, 0.15) is 31.2 Å². The minimum Gasteiger partial charge on any atom is -0.396 e.